The maximum absolute atomic E-state index is 12.2. The summed E-state index contributed by atoms with van der Waals surface area (Å²) in [4.78, 5) is 0. The molecule has 1 N–H and O–H groups in total. The van der Waals surface area contributed by atoms with Crippen molar-refractivity contribution >= 4 is 10.8 Å². The highest BCUT2D eigenvalue weighted by atomic mass is 32.2. The van der Waals surface area contributed by atoms with Crippen molar-refractivity contribution in [3.8, 4) is 0 Å². The predicted molar refractivity (Wildman–Crippen MR) is 88.4 cm³/mol. The van der Waals surface area contributed by atoms with Crippen molar-refractivity contribution in [1.29, 1.82) is 0 Å². The van der Waals surface area contributed by atoms with Crippen LogP contribution in [-0.2, 0) is 28.9 Å². The van der Waals surface area contributed by atoms with E-state index in [0.717, 1.165) is 16.7 Å². The maximum atomic E-state index is 12.2. The van der Waals surface area contributed by atoms with Gasteiger partial charge in [-0.25, -0.2) is 0 Å². The Kier molecular flexibility index (Phi) is 5.71. The Balaban J connectivity index is 1.94. The van der Waals surface area contributed by atoms with Gasteiger partial charge in [-0.05, 0) is 28.2 Å². The summed E-state index contributed by atoms with van der Waals surface area (Å²) < 4.78 is 12.2. The second-order valence-corrected chi connectivity index (χ2v) is 7.06. The summed E-state index contributed by atoms with van der Waals surface area (Å²) in [6.07, 6.45) is 0. The molecule has 3 heteroatoms. The average molecular weight is 302 g/mol. The predicted octanol–water partition coefficient (Wildman–Crippen LogP) is 3.75. The molecule has 1 unspecified atom stereocenters. The third kappa shape index (κ3) is 4.80. The van der Waals surface area contributed by atoms with Gasteiger partial charge in [-0.3, -0.25) is 4.21 Å². The molecule has 2 rings (SSSR count). The third-order valence-corrected chi connectivity index (χ3v) is 4.82. The van der Waals surface area contributed by atoms with Gasteiger partial charge in [0.15, 0.2) is 0 Å². The van der Waals surface area contributed by atoms with Gasteiger partial charge >= 0.3 is 0 Å². The van der Waals surface area contributed by atoms with E-state index in [1.54, 1.807) is 0 Å². The van der Waals surface area contributed by atoms with Crippen LogP contribution in [0.5, 0.6) is 0 Å². The Morgan fingerprint density at radius 2 is 1.29 bits per heavy atom. The summed E-state index contributed by atoms with van der Waals surface area (Å²) in [6, 6.07) is 16.0. The third-order valence-electron chi connectivity index (χ3n) is 3.51. The summed E-state index contributed by atoms with van der Waals surface area (Å²) in [5, 5.41) is 9.01. The molecule has 0 spiro atoms. The zero-order valence-corrected chi connectivity index (χ0v) is 13.4. The van der Waals surface area contributed by atoms with Crippen molar-refractivity contribution in [2.75, 3.05) is 0 Å². The van der Waals surface area contributed by atoms with Crippen molar-refractivity contribution in [3.05, 3.63) is 70.8 Å². The van der Waals surface area contributed by atoms with Crippen LogP contribution in [0, 0.1) is 0 Å². The van der Waals surface area contributed by atoms with Crippen molar-refractivity contribution in [1.82, 2.24) is 0 Å². The molecule has 0 radical (unpaired) electrons. The standard InChI is InChI=1S/C18H22O2S/c1-14(2)18-9-7-17(8-10-18)13-21(20)12-16-5-3-15(11-19)4-6-16/h3-10,14,19H,11-13H2,1-2H3. The quantitative estimate of drug-likeness (QED) is 0.882. The van der Waals surface area contributed by atoms with E-state index in [4.69, 9.17) is 5.11 Å². The molecule has 2 aromatic carbocycles. The van der Waals surface area contributed by atoms with Gasteiger partial charge < -0.3 is 5.11 Å². The molecule has 0 fully saturated rings. The fourth-order valence-electron chi connectivity index (χ4n) is 2.16. The molecule has 112 valence electrons. The highest BCUT2D eigenvalue weighted by Crippen LogP contribution is 2.16. The molecule has 1 atom stereocenters. The van der Waals surface area contributed by atoms with Crippen LogP contribution in [0.3, 0.4) is 0 Å². The Morgan fingerprint density at radius 1 is 0.857 bits per heavy atom. The largest absolute Gasteiger partial charge is 0.392 e. The highest BCUT2D eigenvalue weighted by Gasteiger charge is 2.05. The number of aliphatic hydroxyl groups is 1. The highest BCUT2D eigenvalue weighted by molar-refractivity contribution is 7.83. The zero-order chi connectivity index (χ0) is 15.2. The first-order chi connectivity index (χ1) is 10.1. The van der Waals surface area contributed by atoms with E-state index in [0.29, 0.717) is 17.4 Å². The number of aliphatic hydroxyl groups excluding tert-OH is 1. The topological polar surface area (TPSA) is 37.3 Å². The summed E-state index contributed by atoms with van der Waals surface area (Å²) >= 11 is 0. The summed E-state index contributed by atoms with van der Waals surface area (Å²) in [7, 11) is -0.910. The molecular weight excluding hydrogens is 280 g/mol. The zero-order valence-electron chi connectivity index (χ0n) is 12.6. The lowest BCUT2D eigenvalue weighted by atomic mass is 10.0. The van der Waals surface area contributed by atoms with Gasteiger partial charge in [-0.1, -0.05) is 62.4 Å². The number of hydrogen-bond donors (Lipinski definition) is 1. The van der Waals surface area contributed by atoms with Gasteiger partial charge in [0, 0.05) is 22.3 Å². The van der Waals surface area contributed by atoms with Gasteiger partial charge in [0.25, 0.3) is 0 Å². The molecule has 2 aromatic rings. The van der Waals surface area contributed by atoms with Crippen LogP contribution in [0.1, 0.15) is 42.0 Å². The Labute approximate surface area is 129 Å². The van der Waals surface area contributed by atoms with Crippen molar-refractivity contribution < 1.29 is 9.32 Å². The van der Waals surface area contributed by atoms with E-state index < -0.39 is 10.8 Å². The van der Waals surface area contributed by atoms with Crippen LogP contribution in [0.25, 0.3) is 0 Å². The lowest BCUT2D eigenvalue weighted by Gasteiger charge is -2.07. The van der Waals surface area contributed by atoms with E-state index >= 15 is 0 Å². The summed E-state index contributed by atoms with van der Waals surface area (Å²) in [5.74, 6) is 1.66. The molecule has 0 aliphatic heterocycles. The first-order valence-electron chi connectivity index (χ1n) is 7.21. The van der Waals surface area contributed by atoms with Gasteiger partial charge in [0.1, 0.15) is 0 Å². The van der Waals surface area contributed by atoms with Crippen molar-refractivity contribution in [2.45, 2.75) is 37.9 Å². The molecule has 0 bridgehead atoms. The van der Waals surface area contributed by atoms with Crippen LogP contribution >= 0.6 is 0 Å². The monoisotopic (exact) mass is 302 g/mol. The van der Waals surface area contributed by atoms with E-state index in [1.807, 2.05) is 24.3 Å². The smallest absolute Gasteiger partial charge is 0.0681 e. The number of rotatable bonds is 6. The maximum Gasteiger partial charge on any atom is 0.0681 e. The molecule has 0 aliphatic carbocycles. The molecular formula is C18H22O2S. The van der Waals surface area contributed by atoms with Crippen LogP contribution in [-0.4, -0.2) is 9.32 Å². The van der Waals surface area contributed by atoms with Crippen LogP contribution in [0.2, 0.25) is 0 Å². The minimum absolute atomic E-state index is 0.0472. The van der Waals surface area contributed by atoms with Gasteiger partial charge in [-0.15, -0.1) is 0 Å². The van der Waals surface area contributed by atoms with Crippen molar-refractivity contribution in [2.24, 2.45) is 0 Å². The van der Waals surface area contributed by atoms with E-state index in [1.165, 1.54) is 5.56 Å². The Hall–Kier alpha value is -1.45. The SMILES string of the molecule is CC(C)c1ccc(CS(=O)Cc2ccc(CO)cc2)cc1. The van der Waals surface area contributed by atoms with E-state index in [9.17, 15) is 4.21 Å². The molecule has 0 saturated heterocycles. The number of hydrogen-bond acceptors (Lipinski definition) is 2. The Morgan fingerprint density at radius 3 is 1.71 bits per heavy atom. The molecule has 0 amide bonds. The second kappa shape index (κ2) is 7.53. The van der Waals surface area contributed by atoms with Gasteiger partial charge in [-0.2, -0.15) is 0 Å². The fraction of sp³-hybridized carbons (Fsp3) is 0.333. The second-order valence-electron chi connectivity index (χ2n) is 5.60. The first-order valence-corrected chi connectivity index (χ1v) is 8.70. The minimum atomic E-state index is -0.910. The van der Waals surface area contributed by atoms with E-state index in [-0.39, 0.29) is 6.61 Å². The lowest BCUT2D eigenvalue weighted by molar-refractivity contribution is 0.282. The van der Waals surface area contributed by atoms with Crippen LogP contribution < -0.4 is 0 Å². The molecule has 0 aliphatic rings. The Bertz CT molecular complexity index is 586. The minimum Gasteiger partial charge on any atom is -0.392 e. The molecule has 2 nitrogen and oxygen atoms in total. The molecule has 0 heterocycles. The van der Waals surface area contributed by atoms with E-state index in [2.05, 4.69) is 38.1 Å². The molecule has 21 heavy (non-hydrogen) atoms. The number of benzene rings is 2. The normalized spacial score (nSPS) is 12.6. The first kappa shape index (κ1) is 15.9. The van der Waals surface area contributed by atoms with Crippen LogP contribution in [0.4, 0.5) is 0 Å². The summed E-state index contributed by atoms with van der Waals surface area (Å²) in [5.41, 5.74) is 4.35. The fourth-order valence-corrected chi connectivity index (χ4v) is 3.39. The van der Waals surface area contributed by atoms with Gasteiger partial charge in [0.2, 0.25) is 0 Å². The van der Waals surface area contributed by atoms with Gasteiger partial charge in [0.05, 0.1) is 6.61 Å². The summed E-state index contributed by atoms with van der Waals surface area (Å²) in [6.45, 7) is 4.39. The lowest BCUT2D eigenvalue weighted by Crippen LogP contribution is -2.00. The molecule has 0 aromatic heterocycles. The van der Waals surface area contributed by atoms with Crippen LogP contribution in [0.15, 0.2) is 48.5 Å². The average Bonchev–Trinajstić information content (AvgIpc) is 2.48. The molecule has 0 saturated carbocycles. The van der Waals surface area contributed by atoms with Crippen molar-refractivity contribution in [3.63, 3.8) is 0 Å².